The molecule has 1 saturated carbocycles. The number of anilines is 1. The number of hydrogen-bond donors (Lipinski definition) is 1. The average Bonchev–Trinajstić information content (AvgIpc) is 2.88. The molecule has 21 heavy (non-hydrogen) atoms. The number of aromatic nitrogens is 1. The third kappa shape index (κ3) is 4.57. The molecule has 1 aliphatic rings. The number of halogens is 1. The van der Waals surface area contributed by atoms with Gasteiger partial charge in [0.2, 0.25) is 5.71 Å². The highest BCUT2D eigenvalue weighted by Crippen LogP contribution is 2.25. The third-order valence-corrected chi connectivity index (χ3v) is 4.24. The Bertz CT molecular complexity index is 513. The number of esters is 1. The van der Waals surface area contributed by atoms with Crippen LogP contribution in [-0.2, 0) is 14.4 Å². The number of ether oxygens (including phenoxy) is 1. The minimum Gasteiger partial charge on any atom is -0.461 e. The standard InChI is InChI=1S/C13H18ClN3O3S/c1-2-19-12(18)11(10-7-21-13(15)16-10)17-20-9-5-3-8(14)4-6-9/h7-9H,2-6H2,1H3,(H2,15,16)/b17-11-/t8-,9-. The third-order valence-electron chi connectivity index (χ3n) is 3.13. The van der Waals surface area contributed by atoms with E-state index in [0.29, 0.717) is 10.8 Å². The maximum absolute atomic E-state index is 11.9. The van der Waals surface area contributed by atoms with Gasteiger partial charge in [-0.3, -0.25) is 0 Å². The van der Waals surface area contributed by atoms with Crippen molar-refractivity contribution in [3.8, 4) is 0 Å². The van der Waals surface area contributed by atoms with Crippen LogP contribution in [0.3, 0.4) is 0 Å². The summed E-state index contributed by atoms with van der Waals surface area (Å²) in [6.45, 7) is 1.99. The van der Waals surface area contributed by atoms with E-state index in [2.05, 4.69) is 10.1 Å². The Balaban J connectivity index is 2.07. The van der Waals surface area contributed by atoms with Crippen molar-refractivity contribution in [3.05, 3.63) is 11.1 Å². The Morgan fingerprint density at radius 1 is 1.52 bits per heavy atom. The summed E-state index contributed by atoms with van der Waals surface area (Å²) in [5.41, 5.74) is 6.02. The zero-order valence-corrected chi connectivity index (χ0v) is 13.3. The SMILES string of the molecule is CCOC(=O)/C(=N\O[C@H]1CC[C@H](Cl)CC1)c1csc(N)n1. The fourth-order valence-corrected chi connectivity index (χ4v) is 2.84. The van der Waals surface area contributed by atoms with Crippen LogP contribution < -0.4 is 5.73 Å². The van der Waals surface area contributed by atoms with Crippen molar-refractivity contribution in [3.63, 3.8) is 0 Å². The zero-order valence-electron chi connectivity index (χ0n) is 11.8. The number of carbonyl (C=O) groups is 1. The van der Waals surface area contributed by atoms with Gasteiger partial charge >= 0.3 is 5.97 Å². The molecule has 6 nitrogen and oxygen atoms in total. The molecule has 0 atom stereocenters. The van der Waals surface area contributed by atoms with Gasteiger partial charge in [-0.05, 0) is 32.6 Å². The van der Waals surface area contributed by atoms with Crippen LogP contribution in [0.1, 0.15) is 38.3 Å². The van der Waals surface area contributed by atoms with Crippen LogP contribution in [0.2, 0.25) is 0 Å². The second kappa shape index (κ2) is 7.61. The number of nitrogens with zero attached hydrogens (tertiary/aromatic N) is 2. The first-order valence-corrected chi connectivity index (χ1v) is 8.18. The molecular formula is C13H18ClN3O3S. The van der Waals surface area contributed by atoms with Crippen LogP contribution >= 0.6 is 22.9 Å². The molecular weight excluding hydrogens is 314 g/mol. The van der Waals surface area contributed by atoms with E-state index < -0.39 is 5.97 Å². The molecule has 2 N–H and O–H groups in total. The molecule has 0 bridgehead atoms. The van der Waals surface area contributed by atoms with E-state index in [1.807, 2.05) is 0 Å². The average molecular weight is 332 g/mol. The van der Waals surface area contributed by atoms with Gasteiger partial charge in [0, 0.05) is 10.8 Å². The van der Waals surface area contributed by atoms with Gasteiger partial charge in [-0.1, -0.05) is 5.16 Å². The fourth-order valence-electron chi connectivity index (χ4n) is 2.04. The molecule has 1 aromatic heterocycles. The summed E-state index contributed by atoms with van der Waals surface area (Å²) < 4.78 is 4.98. The van der Waals surface area contributed by atoms with Gasteiger partial charge in [0.15, 0.2) is 5.13 Å². The number of nitrogens with two attached hydrogens (primary N) is 1. The zero-order chi connectivity index (χ0) is 15.2. The highest BCUT2D eigenvalue weighted by Gasteiger charge is 2.23. The van der Waals surface area contributed by atoms with Crippen LogP contribution in [0, 0.1) is 0 Å². The summed E-state index contributed by atoms with van der Waals surface area (Å²) in [6.07, 6.45) is 3.40. The number of oxime groups is 1. The summed E-state index contributed by atoms with van der Waals surface area (Å²) >= 11 is 7.28. The number of alkyl halides is 1. The number of hydrogen-bond acceptors (Lipinski definition) is 7. The monoisotopic (exact) mass is 331 g/mol. The molecule has 1 heterocycles. The minimum absolute atomic E-state index is 0.0274. The van der Waals surface area contributed by atoms with Gasteiger partial charge in [0.25, 0.3) is 0 Å². The van der Waals surface area contributed by atoms with Gasteiger partial charge in [-0.25, -0.2) is 9.78 Å². The van der Waals surface area contributed by atoms with E-state index >= 15 is 0 Å². The molecule has 1 aromatic rings. The van der Waals surface area contributed by atoms with Crippen LogP contribution in [-0.4, -0.2) is 34.8 Å². The molecule has 8 heteroatoms. The van der Waals surface area contributed by atoms with Gasteiger partial charge in [-0.2, -0.15) is 0 Å². The van der Waals surface area contributed by atoms with Gasteiger partial charge in [0.05, 0.1) is 6.61 Å². The first kappa shape index (κ1) is 16.0. The molecule has 0 spiro atoms. The molecule has 0 unspecified atom stereocenters. The molecule has 0 aliphatic heterocycles. The quantitative estimate of drug-likeness (QED) is 0.388. The molecule has 0 saturated heterocycles. The van der Waals surface area contributed by atoms with Crippen molar-refractivity contribution in [2.45, 2.75) is 44.1 Å². The normalized spacial score (nSPS) is 22.9. The minimum atomic E-state index is -0.561. The van der Waals surface area contributed by atoms with E-state index in [9.17, 15) is 4.79 Å². The van der Waals surface area contributed by atoms with Crippen molar-refractivity contribution < 1.29 is 14.4 Å². The van der Waals surface area contributed by atoms with Crippen molar-refractivity contribution in [1.29, 1.82) is 0 Å². The summed E-state index contributed by atoms with van der Waals surface area (Å²) in [5, 5.41) is 6.19. The Labute approximate surface area is 132 Å². The van der Waals surface area contributed by atoms with E-state index in [1.165, 1.54) is 11.3 Å². The molecule has 1 fully saturated rings. The number of carbonyl (C=O) groups excluding carboxylic acids is 1. The molecule has 116 valence electrons. The van der Waals surface area contributed by atoms with E-state index in [1.54, 1.807) is 12.3 Å². The topological polar surface area (TPSA) is 86.8 Å². The van der Waals surface area contributed by atoms with Crippen molar-refractivity contribution in [2.24, 2.45) is 5.16 Å². The largest absolute Gasteiger partial charge is 0.461 e. The highest BCUT2D eigenvalue weighted by molar-refractivity contribution is 7.13. The van der Waals surface area contributed by atoms with Crippen LogP contribution in [0.25, 0.3) is 0 Å². The van der Waals surface area contributed by atoms with E-state index in [0.717, 1.165) is 25.7 Å². The lowest BCUT2D eigenvalue weighted by Gasteiger charge is -2.23. The van der Waals surface area contributed by atoms with Gasteiger partial charge in [0.1, 0.15) is 11.8 Å². The first-order valence-electron chi connectivity index (χ1n) is 6.86. The van der Waals surface area contributed by atoms with E-state index in [4.69, 9.17) is 26.9 Å². The summed E-state index contributed by atoms with van der Waals surface area (Å²) in [6, 6.07) is 0. The number of nitrogen functional groups attached to an aromatic ring is 1. The number of thiazole rings is 1. The van der Waals surface area contributed by atoms with Gasteiger partial charge in [-0.15, -0.1) is 22.9 Å². The van der Waals surface area contributed by atoms with Crippen molar-refractivity contribution >= 4 is 39.8 Å². The number of rotatable bonds is 5. The van der Waals surface area contributed by atoms with Crippen LogP contribution in [0.15, 0.2) is 10.5 Å². The molecule has 0 amide bonds. The van der Waals surface area contributed by atoms with Crippen LogP contribution in [0.4, 0.5) is 5.13 Å². The Morgan fingerprint density at radius 2 is 2.24 bits per heavy atom. The Hall–Kier alpha value is -1.34. The molecule has 0 radical (unpaired) electrons. The summed E-state index contributed by atoms with van der Waals surface area (Å²) in [4.78, 5) is 21.5. The second-order valence-corrected chi connectivity index (χ2v) is 6.22. The lowest BCUT2D eigenvalue weighted by molar-refractivity contribution is -0.135. The maximum atomic E-state index is 11.9. The van der Waals surface area contributed by atoms with Gasteiger partial charge < -0.3 is 15.3 Å². The molecule has 1 aliphatic carbocycles. The van der Waals surface area contributed by atoms with Crippen molar-refractivity contribution in [2.75, 3.05) is 12.3 Å². The maximum Gasteiger partial charge on any atom is 0.362 e. The van der Waals surface area contributed by atoms with Crippen molar-refractivity contribution in [1.82, 2.24) is 4.98 Å². The Morgan fingerprint density at radius 3 is 2.81 bits per heavy atom. The predicted octanol–water partition coefficient (Wildman–Crippen LogP) is 2.56. The molecule has 0 aromatic carbocycles. The highest BCUT2D eigenvalue weighted by atomic mass is 35.5. The second-order valence-electron chi connectivity index (χ2n) is 4.71. The first-order chi connectivity index (χ1) is 10.1. The molecule has 2 rings (SSSR count). The lowest BCUT2D eigenvalue weighted by atomic mass is 9.97. The summed E-state index contributed by atoms with van der Waals surface area (Å²) in [7, 11) is 0. The lowest BCUT2D eigenvalue weighted by Crippen LogP contribution is -2.23. The summed E-state index contributed by atoms with van der Waals surface area (Å²) in [5.74, 6) is -0.561. The fraction of sp³-hybridized carbons (Fsp3) is 0.615. The predicted molar refractivity (Wildman–Crippen MR) is 82.7 cm³/mol. The van der Waals surface area contributed by atoms with Crippen LogP contribution in [0.5, 0.6) is 0 Å². The smallest absolute Gasteiger partial charge is 0.362 e. The van der Waals surface area contributed by atoms with E-state index in [-0.39, 0.29) is 23.8 Å². The Kier molecular flexibility index (Phi) is 5.81.